The summed E-state index contributed by atoms with van der Waals surface area (Å²) in [6.45, 7) is 5.82. The highest BCUT2D eigenvalue weighted by Crippen LogP contribution is 2.17. The zero-order valence-corrected chi connectivity index (χ0v) is 16.2. The number of nitrogens with zero attached hydrogens (tertiary/aromatic N) is 3. The predicted octanol–water partition coefficient (Wildman–Crippen LogP) is 3.88. The molecule has 0 unspecified atom stereocenters. The highest BCUT2D eigenvalue weighted by molar-refractivity contribution is 6.04. The summed E-state index contributed by atoms with van der Waals surface area (Å²) in [5, 5.41) is 10.0. The van der Waals surface area contributed by atoms with Gasteiger partial charge in [-0.25, -0.2) is 9.67 Å². The van der Waals surface area contributed by atoms with Crippen LogP contribution >= 0.6 is 0 Å². The zero-order chi connectivity index (χ0) is 20.1. The summed E-state index contributed by atoms with van der Waals surface area (Å²) in [4.78, 5) is 28.6. The first-order valence-electron chi connectivity index (χ1n) is 9.17. The zero-order valence-electron chi connectivity index (χ0n) is 16.2. The number of aryl methyl sites for hydroxylation is 2. The van der Waals surface area contributed by atoms with E-state index in [1.165, 1.54) is 6.20 Å². The van der Waals surface area contributed by atoms with Crippen LogP contribution in [0.15, 0.2) is 48.7 Å². The minimum absolute atomic E-state index is 0.0464. The van der Waals surface area contributed by atoms with Gasteiger partial charge in [0.05, 0.1) is 11.3 Å². The fraction of sp³-hybridized carbons (Fsp3) is 0.238. The molecule has 3 aromatic rings. The third-order valence-corrected chi connectivity index (χ3v) is 4.12. The molecule has 7 nitrogen and oxygen atoms in total. The Hall–Kier alpha value is -3.48. The van der Waals surface area contributed by atoms with Crippen LogP contribution in [0.3, 0.4) is 0 Å². The Kier molecular flexibility index (Phi) is 5.84. The molecule has 3 rings (SSSR count). The van der Waals surface area contributed by atoms with Gasteiger partial charge in [0.1, 0.15) is 0 Å². The number of pyridine rings is 1. The maximum absolute atomic E-state index is 12.5. The van der Waals surface area contributed by atoms with Crippen LogP contribution in [-0.2, 0) is 4.79 Å². The summed E-state index contributed by atoms with van der Waals surface area (Å²) >= 11 is 0. The number of rotatable bonds is 6. The Morgan fingerprint density at radius 3 is 2.39 bits per heavy atom. The van der Waals surface area contributed by atoms with Crippen molar-refractivity contribution in [3.05, 3.63) is 65.6 Å². The van der Waals surface area contributed by atoms with Crippen molar-refractivity contribution in [3.63, 3.8) is 0 Å². The number of aromatic nitrogens is 3. The second-order valence-corrected chi connectivity index (χ2v) is 6.58. The highest BCUT2D eigenvalue weighted by Gasteiger charge is 2.10. The summed E-state index contributed by atoms with van der Waals surface area (Å²) < 4.78 is 1.74. The van der Waals surface area contributed by atoms with E-state index in [1.54, 1.807) is 41.1 Å². The predicted molar refractivity (Wildman–Crippen MR) is 109 cm³/mol. The molecule has 2 aromatic heterocycles. The van der Waals surface area contributed by atoms with Gasteiger partial charge in [0, 0.05) is 29.7 Å². The minimum atomic E-state index is -0.274. The first-order valence-corrected chi connectivity index (χ1v) is 9.17. The van der Waals surface area contributed by atoms with Gasteiger partial charge in [0.15, 0.2) is 5.82 Å². The van der Waals surface area contributed by atoms with E-state index >= 15 is 0 Å². The highest BCUT2D eigenvalue weighted by atomic mass is 16.2. The molecule has 0 bridgehead atoms. The maximum atomic E-state index is 12.5. The number of benzene rings is 1. The Morgan fingerprint density at radius 2 is 1.79 bits per heavy atom. The van der Waals surface area contributed by atoms with Crippen LogP contribution in [0.1, 0.15) is 41.5 Å². The number of hydrogen-bond acceptors (Lipinski definition) is 4. The van der Waals surface area contributed by atoms with Crippen molar-refractivity contribution in [3.8, 4) is 5.82 Å². The van der Waals surface area contributed by atoms with E-state index < -0.39 is 0 Å². The number of amides is 2. The number of carbonyl (C=O) groups is 2. The van der Waals surface area contributed by atoms with E-state index in [0.29, 0.717) is 29.2 Å². The number of anilines is 2. The summed E-state index contributed by atoms with van der Waals surface area (Å²) in [7, 11) is 0. The van der Waals surface area contributed by atoms with Crippen LogP contribution in [0.25, 0.3) is 5.82 Å². The SMILES string of the molecule is CCCC(=O)Nc1cccc(NC(=O)c2ccc(-n3nc(C)cc3C)nc2)c1. The van der Waals surface area contributed by atoms with Gasteiger partial charge in [0.2, 0.25) is 5.91 Å². The van der Waals surface area contributed by atoms with Crippen LogP contribution < -0.4 is 10.6 Å². The quantitative estimate of drug-likeness (QED) is 0.682. The molecule has 2 N–H and O–H groups in total. The largest absolute Gasteiger partial charge is 0.326 e. The maximum Gasteiger partial charge on any atom is 0.257 e. The summed E-state index contributed by atoms with van der Waals surface area (Å²) in [6.07, 6.45) is 2.76. The van der Waals surface area contributed by atoms with Crippen molar-refractivity contribution >= 4 is 23.2 Å². The molecule has 0 aliphatic carbocycles. The van der Waals surface area contributed by atoms with Gasteiger partial charge in [-0.3, -0.25) is 9.59 Å². The van der Waals surface area contributed by atoms with Crippen molar-refractivity contribution in [2.24, 2.45) is 0 Å². The second kappa shape index (κ2) is 8.47. The smallest absolute Gasteiger partial charge is 0.257 e. The molecule has 0 aliphatic rings. The monoisotopic (exact) mass is 377 g/mol. The molecule has 0 radical (unpaired) electrons. The van der Waals surface area contributed by atoms with Crippen LogP contribution in [-0.4, -0.2) is 26.6 Å². The first-order chi connectivity index (χ1) is 13.5. The van der Waals surface area contributed by atoms with Crippen LogP contribution in [0.4, 0.5) is 11.4 Å². The minimum Gasteiger partial charge on any atom is -0.326 e. The van der Waals surface area contributed by atoms with Crippen molar-refractivity contribution in [1.29, 1.82) is 0 Å². The van der Waals surface area contributed by atoms with Gasteiger partial charge in [-0.05, 0) is 56.7 Å². The molecule has 28 heavy (non-hydrogen) atoms. The first kappa shape index (κ1) is 19.3. The lowest BCUT2D eigenvalue weighted by atomic mass is 10.2. The molecule has 0 saturated heterocycles. The fourth-order valence-electron chi connectivity index (χ4n) is 2.84. The molecule has 0 spiro atoms. The van der Waals surface area contributed by atoms with Crippen LogP contribution in [0.2, 0.25) is 0 Å². The van der Waals surface area contributed by atoms with Gasteiger partial charge in [0.25, 0.3) is 5.91 Å². The molecule has 0 atom stereocenters. The van der Waals surface area contributed by atoms with E-state index in [9.17, 15) is 9.59 Å². The van der Waals surface area contributed by atoms with Gasteiger partial charge in [-0.15, -0.1) is 0 Å². The van der Waals surface area contributed by atoms with E-state index in [0.717, 1.165) is 17.8 Å². The third-order valence-electron chi connectivity index (χ3n) is 4.12. The topological polar surface area (TPSA) is 88.9 Å². The van der Waals surface area contributed by atoms with Crippen molar-refractivity contribution < 1.29 is 9.59 Å². The lowest BCUT2D eigenvalue weighted by Gasteiger charge is -2.09. The number of nitrogens with one attached hydrogen (secondary N) is 2. The molecule has 0 fully saturated rings. The summed E-state index contributed by atoms with van der Waals surface area (Å²) in [5.74, 6) is 0.335. The summed E-state index contributed by atoms with van der Waals surface area (Å²) in [5.41, 5.74) is 3.57. The van der Waals surface area contributed by atoms with E-state index in [1.807, 2.05) is 26.8 Å². The Morgan fingerprint density at radius 1 is 1.04 bits per heavy atom. The lowest BCUT2D eigenvalue weighted by Crippen LogP contribution is -2.14. The molecule has 0 aliphatic heterocycles. The Balaban J connectivity index is 1.69. The van der Waals surface area contributed by atoms with E-state index in [-0.39, 0.29) is 11.8 Å². The average Bonchev–Trinajstić information content (AvgIpc) is 3.00. The molecular formula is C21H23N5O2. The number of hydrogen-bond donors (Lipinski definition) is 2. The normalized spacial score (nSPS) is 10.5. The molecular weight excluding hydrogens is 354 g/mol. The average molecular weight is 377 g/mol. The molecule has 2 amide bonds. The van der Waals surface area contributed by atoms with Gasteiger partial charge < -0.3 is 10.6 Å². The molecule has 2 heterocycles. The Bertz CT molecular complexity index is 992. The lowest BCUT2D eigenvalue weighted by molar-refractivity contribution is -0.116. The molecule has 7 heteroatoms. The third kappa shape index (κ3) is 4.62. The van der Waals surface area contributed by atoms with Gasteiger partial charge >= 0.3 is 0 Å². The fourth-order valence-corrected chi connectivity index (χ4v) is 2.84. The van der Waals surface area contributed by atoms with E-state index in [2.05, 4.69) is 20.7 Å². The van der Waals surface area contributed by atoms with Crippen molar-refractivity contribution in [2.45, 2.75) is 33.6 Å². The van der Waals surface area contributed by atoms with Gasteiger partial charge in [-0.2, -0.15) is 5.10 Å². The van der Waals surface area contributed by atoms with Crippen molar-refractivity contribution in [2.75, 3.05) is 10.6 Å². The summed E-state index contributed by atoms with van der Waals surface area (Å²) in [6, 6.07) is 12.5. The molecule has 0 saturated carbocycles. The standard InChI is InChI=1S/C21H23N5O2/c1-4-6-20(27)23-17-7-5-8-18(12-17)24-21(28)16-9-10-19(22-13-16)26-15(3)11-14(2)25-26/h5,7-13H,4,6H2,1-3H3,(H,23,27)(H,24,28). The number of carbonyl (C=O) groups excluding carboxylic acids is 2. The van der Waals surface area contributed by atoms with Crippen LogP contribution in [0, 0.1) is 13.8 Å². The molecule has 1 aromatic carbocycles. The van der Waals surface area contributed by atoms with E-state index in [4.69, 9.17) is 0 Å². The molecule has 144 valence electrons. The van der Waals surface area contributed by atoms with Crippen molar-refractivity contribution in [1.82, 2.24) is 14.8 Å². The van der Waals surface area contributed by atoms with Gasteiger partial charge in [-0.1, -0.05) is 13.0 Å². The second-order valence-electron chi connectivity index (χ2n) is 6.58. The Labute approximate surface area is 163 Å². The van der Waals surface area contributed by atoms with Crippen LogP contribution in [0.5, 0.6) is 0 Å².